The van der Waals surface area contributed by atoms with Crippen LogP contribution in [0.4, 0.5) is 10.1 Å². The first-order valence-corrected chi connectivity index (χ1v) is 7.08. The van der Waals surface area contributed by atoms with Crippen LogP contribution in [0, 0.1) is 5.82 Å². The monoisotopic (exact) mass is 293 g/mol. The molecule has 6 heteroatoms. The SMILES string of the molecule is CC(C)NC(=O)C(=O)N1CCN(c2ccccc2F)CC1. The fourth-order valence-electron chi connectivity index (χ4n) is 2.33. The van der Waals surface area contributed by atoms with Crippen LogP contribution in [-0.2, 0) is 9.59 Å². The Morgan fingerprint density at radius 3 is 2.33 bits per heavy atom. The molecule has 0 radical (unpaired) electrons. The van der Waals surface area contributed by atoms with Crippen molar-refractivity contribution in [3.8, 4) is 0 Å². The molecule has 0 aliphatic carbocycles. The van der Waals surface area contributed by atoms with E-state index in [1.165, 1.54) is 11.0 Å². The number of para-hydroxylation sites is 1. The first-order valence-electron chi connectivity index (χ1n) is 7.08. The lowest BCUT2D eigenvalue weighted by Crippen LogP contribution is -2.53. The summed E-state index contributed by atoms with van der Waals surface area (Å²) in [7, 11) is 0. The van der Waals surface area contributed by atoms with Gasteiger partial charge in [0.05, 0.1) is 5.69 Å². The molecule has 1 saturated heterocycles. The van der Waals surface area contributed by atoms with Crippen LogP contribution in [0.5, 0.6) is 0 Å². The maximum Gasteiger partial charge on any atom is 0.312 e. The molecule has 2 amide bonds. The van der Waals surface area contributed by atoms with Gasteiger partial charge in [0.25, 0.3) is 0 Å². The van der Waals surface area contributed by atoms with Crippen LogP contribution in [0.1, 0.15) is 13.8 Å². The van der Waals surface area contributed by atoms with Gasteiger partial charge >= 0.3 is 11.8 Å². The maximum absolute atomic E-state index is 13.7. The molecule has 1 aromatic carbocycles. The third kappa shape index (κ3) is 3.71. The second-order valence-corrected chi connectivity index (χ2v) is 5.36. The molecule has 21 heavy (non-hydrogen) atoms. The van der Waals surface area contributed by atoms with Crippen molar-refractivity contribution in [2.75, 3.05) is 31.1 Å². The van der Waals surface area contributed by atoms with Crippen LogP contribution < -0.4 is 10.2 Å². The minimum atomic E-state index is -0.579. The number of halogens is 1. The summed E-state index contributed by atoms with van der Waals surface area (Å²) < 4.78 is 13.7. The number of anilines is 1. The first kappa shape index (κ1) is 15.3. The number of rotatable bonds is 2. The Morgan fingerprint density at radius 1 is 1.14 bits per heavy atom. The van der Waals surface area contributed by atoms with E-state index in [-0.39, 0.29) is 11.9 Å². The number of nitrogens with zero attached hydrogens (tertiary/aromatic N) is 2. The number of amides is 2. The average molecular weight is 293 g/mol. The van der Waals surface area contributed by atoms with E-state index in [0.717, 1.165) is 0 Å². The molecule has 114 valence electrons. The minimum absolute atomic E-state index is 0.0684. The molecule has 0 atom stereocenters. The van der Waals surface area contributed by atoms with Gasteiger partial charge in [-0.2, -0.15) is 0 Å². The highest BCUT2D eigenvalue weighted by Gasteiger charge is 2.26. The summed E-state index contributed by atoms with van der Waals surface area (Å²) in [6, 6.07) is 6.50. The standard InChI is InChI=1S/C15H20FN3O2/c1-11(2)17-14(20)15(21)19-9-7-18(8-10-19)13-6-4-3-5-12(13)16/h3-6,11H,7-10H2,1-2H3,(H,17,20). The second kappa shape index (κ2) is 6.56. The summed E-state index contributed by atoms with van der Waals surface area (Å²) >= 11 is 0. The van der Waals surface area contributed by atoms with Gasteiger partial charge in [0.1, 0.15) is 5.82 Å². The van der Waals surface area contributed by atoms with Crippen LogP contribution >= 0.6 is 0 Å². The summed E-state index contributed by atoms with van der Waals surface area (Å²) in [5.74, 6) is -1.36. The fraction of sp³-hybridized carbons (Fsp3) is 0.467. The molecule has 1 aromatic rings. The summed E-state index contributed by atoms with van der Waals surface area (Å²) in [5.41, 5.74) is 0.538. The van der Waals surface area contributed by atoms with E-state index in [1.807, 2.05) is 4.90 Å². The van der Waals surface area contributed by atoms with Gasteiger partial charge in [-0.25, -0.2) is 4.39 Å². The van der Waals surface area contributed by atoms with E-state index in [2.05, 4.69) is 5.32 Å². The third-order valence-electron chi connectivity index (χ3n) is 3.37. The van der Waals surface area contributed by atoms with Gasteiger partial charge in [-0.1, -0.05) is 12.1 Å². The molecule has 0 spiro atoms. The van der Waals surface area contributed by atoms with Crippen molar-refractivity contribution >= 4 is 17.5 Å². The predicted octanol–water partition coefficient (Wildman–Crippen LogP) is 0.999. The average Bonchev–Trinajstić information content (AvgIpc) is 2.46. The number of carbonyl (C=O) groups excluding carboxylic acids is 2. The Labute approximate surface area is 123 Å². The molecule has 0 saturated carbocycles. The number of benzene rings is 1. The topological polar surface area (TPSA) is 52.7 Å². The van der Waals surface area contributed by atoms with Gasteiger partial charge < -0.3 is 15.1 Å². The van der Waals surface area contributed by atoms with E-state index in [9.17, 15) is 14.0 Å². The fourth-order valence-corrected chi connectivity index (χ4v) is 2.33. The van der Waals surface area contributed by atoms with Crippen LogP contribution in [0.3, 0.4) is 0 Å². The van der Waals surface area contributed by atoms with E-state index in [0.29, 0.717) is 31.9 Å². The van der Waals surface area contributed by atoms with Gasteiger partial charge in [0, 0.05) is 32.2 Å². The second-order valence-electron chi connectivity index (χ2n) is 5.36. The van der Waals surface area contributed by atoms with Crippen LogP contribution in [-0.4, -0.2) is 48.9 Å². The molecule has 1 aliphatic rings. The van der Waals surface area contributed by atoms with E-state index in [1.54, 1.807) is 32.0 Å². The molecule has 1 N–H and O–H groups in total. The quantitative estimate of drug-likeness (QED) is 0.828. The molecular formula is C15H20FN3O2. The highest BCUT2D eigenvalue weighted by molar-refractivity contribution is 6.35. The number of piperazine rings is 1. The van der Waals surface area contributed by atoms with Crippen molar-refractivity contribution in [2.24, 2.45) is 0 Å². The summed E-state index contributed by atoms with van der Waals surface area (Å²) in [6.07, 6.45) is 0. The highest BCUT2D eigenvalue weighted by atomic mass is 19.1. The zero-order chi connectivity index (χ0) is 15.4. The Hall–Kier alpha value is -2.11. The Bertz CT molecular complexity index is 525. The Balaban J connectivity index is 1.93. The van der Waals surface area contributed by atoms with Gasteiger partial charge in [-0.3, -0.25) is 9.59 Å². The minimum Gasteiger partial charge on any atom is -0.366 e. The van der Waals surface area contributed by atoms with Crippen LogP contribution in [0.15, 0.2) is 24.3 Å². The van der Waals surface area contributed by atoms with Gasteiger partial charge in [0.2, 0.25) is 0 Å². The Morgan fingerprint density at radius 2 is 1.76 bits per heavy atom. The Kier molecular flexibility index (Phi) is 4.77. The molecule has 0 bridgehead atoms. The molecule has 5 nitrogen and oxygen atoms in total. The smallest absolute Gasteiger partial charge is 0.312 e. The lowest BCUT2D eigenvalue weighted by Gasteiger charge is -2.35. The van der Waals surface area contributed by atoms with E-state index in [4.69, 9.17) is 0 Å². The number of hydrogen-bond donors (Lipinski definition) is 1. The van der Waals surface area contributed by atoms with Crippen LogP contribution in [0.25, 0.3) is 0 Å². The van der Waals surface area contributed by atoms with Gasteiger partial charge in [-0.15, -0.1) is 0 Å². The lowest BCUT2D eigenvalue weighted by atomic mass is 10.2. The zero-order valence-corrected chi connectivity index (χ0v) is 12.3. The summed E-state index contributed by atoms with van der Waals surface area (Å²) in [4.78, 5) is 27.0. The zero-order valence-electron chi connectivity index (χ0n) is 12.3. The van der Waals surface area contributed by atoms with Gasteiger partial charge in [-0.05, 0) is 26.0 Å². The maximum atomic E-state index is 13.7. The lowest BCUT2D eigenvalue weighted by molar-refractivity contribution is -0.146. The highest BCUT2D eigenvalue weighted by Crippen LogP contribution is 2.20. The largest absolute Gasteiger partial charge is 0.366 e. The van der Waals surface area contributed by atoms with Crippen molar-refractivity contribution in [3.05, 3.63) is 30.1 Å². The first-order chi connectivity index (χ1) is 9.99. The molecular weight excluding hydrogens is 273 g/mol. The van der Waals surface area contributed by atoms with E-state index < -0.39 is 11.8 Å². The molecule has 2 rings (SSSR count). The molecule has 0 unspecified atom stereocenters. The number of carbonyl (C=O) groups is 2. The number of nitrogens with one attached hydrogen (secondary N) is 1. The van der Waals surface area contributed by atoms with Crippen molar-refractivity contribution in [2.45, 2.75) is 19.9 Å². The third-order valence-corrected chi connectivity index (χ3v) is 3.37. The van der Waals surface area contributed by atoms with Crippen molar-refractivity contribution in [1.29, 1.82) is 0 Å². The van der Waals surface area contributed by atoms with Crippen molar-refractivity contribution in [1.82, 2.24) is 10.2 Å². The molecule has 1 aliphatic heterocycles. The normalized spacial score (nSPS) is 15.2. The molecule has 0 aromatic heterocycles. The summed E-state index contributed by atoms with van der Waals surface area (Å²) in [5, 5.41) is 2.59. The van der Waals surface area contributed by atoms with Crippen molar-refractivity contribution in [3.63, 3.8) is 0 Å². The number of hydrogen-bond acceptors (Lipinski definition) is 3. The van der Waals surface area contributed by atoms with Crippen LogP contribution in [0.2, 0.25) is 0 Å². The van der Waals surface area contributed by atoms with Gasteiger partial charge in [0.15, 0.2) is 0 Å². The summed E-state index contributed by atoms with van der Waals surface area (Å²) in [6.45, 7) is 5.48. The molecule has 1 heterocycles. The van der Waals surface area contributed by atoms with Crippen molar-refractivity contribution < 1.29 is 14.0 Å². The molecule has 1 fully saturated rings. The van der Waals surface area contributed by atoms with E-state index >= 15 is 0 Å². The predicted molar refractivity (Wildman–Crippen MR) is 78.5 cm³/mol.